The van der Waals surface area contributed by atoms with Crippen LogP contribution in [0.3, 0.4) is 0 Å². The van der Waals surface area contributed by atoms with Crippen molar-refractivity contribution < 1.29 is 14.0 Å². The summed E-state index contributed by atoms with van der Waals surface area (Å²) in [7, 11) is 0. The predicted octanol–water partition coefficient (Wildman–Crippen LogP) is 4.36. The second kappa shape index (κ2) is 11.1. The second-order valence-corrected chi connectivity index (χ2v) is 13.6. The smallest absolute Gasteiger partial charge is 0.255 e. The van der Waals surface area contributed by atoms with E-state index < -0.39 is 5.82 Å². The van der Waals surface area contributed by atoms with Gasteiger partial charge in [-0.25, -0.2) is 13.9 Å². The van der Waals surface area contributed by atoms with E-state index in [9.17, 15) is 9.59 Å². The maximum absolute atomic E-state index is 15.7. The van der Waals surface area contributed by atoms with E-state index in [1.54, 1.807) is 11.1 Å². The summed E-state index contributed by atoms with van der Waals surface area (Å²) in [5, 5.41) is 5.91. The first kappa shape index (κ1) is 28.5. The number of rotatable bonds is 6. The van der Waals surface area contributed by atoms with E-state index in [-0.39, 0.29) is 17.5 Å². The van der Waals surface area contributed by atoms with Crippen LogP contribution < -0.4 is 10.6 Å². The summed E-state index contributed by atoms with van der Waals surface area (Å²) in [6, 6.07) is 7.96. The highest BCUT2D eigenvalue weighted by Gasteiger charge is 2.32. The Balaban J connectivity index is 1.12. The molecule has 2 amide bonds. The highest BCUT2D eigenvalue weighted by Crippen LogP contribution is 2.38. The standard InChI is InChI=1S/C34H41FN8O2/c1-21-31(38-43-19-24(16-27(35)32(21)43)34(45)40-12-2-4-25(36)20-40)28-17-23-8-9-29(37-33(23)42(28)18-22-6-7-22)39-14-10-26(11-15-39)41-13-3-5-30(41)44/h8-9,16-17,19,22,25-26H,2-7,10-15,18,20,36H2,1H3/t25-/m1/s1. The molecule has 0 spiro atoms. The van der Waals surface area contributed by atoms with Crippen molar-refractivity contribution in [2.45, 2.75) is 76.9 Å². The number of hydrogen-bond donors (Lipinski definition) is 1. The highest BCUT2D eigenvalue weighted by molar-refractivity contribution is 5.95. The van der Waals surface area contributed by atoms with E-state index in [0.29, 0.717) is 48.6 Å². The number of hydrogen-bond acceptors (Lipinski definition) is 6. The molecule has 10 nitrogen and oxygen atoms in total. The first-order valence-electron chi connectivity index (χ1n) is 16.6. The molecular weight excluding hydrogens is 571 g/mol. The van der Waals surface area contributed by atoms with Crippen molar-refractivity contribution in [2.75, 3.05) is 37.6 Å². The number of amides is 2. The van der Waals surface area contributed by atoms with Gasteiger partial charge in [-0.3, -0.25) is 9.59 Å². The number of carbonyl (C=O) groups excluding carboxylic acids is 2. The zero-order valence-corrected chi connectivity index (χ0v) is 25.9. The monoisotopic (exact) mass is 612 g/mol. The molecule has 0 radical (unpaired) electrons. The summed E-state index contributed by atoms with van der Waals surface area (Å²) in [5.41, 5.74) is 10.1. The Bertz CT molecular complexity index is 1800. The molecule has 0 aromatic carbocycles. The fourth-order valence-corrected chi connectivity index (χ4v) is 7.70. The van der Waals surface area contributed by atoms with Gasteiger partial charge in [0, 0.05) is 74.9 Å². The lowest BCUT2D eigenvalue weighted by molar-refractivity contribution is -0.130. The molecule has 0 unspecified atom stereocenters. The number of likely N-dealkylation sites (tertiary alicyclic amines) is 2. The first-order valence-corrected chi connectivity index (χ1v) is 16.6. The Labute approximate surface area is 261 Å². The van der Waals surface area contributed by atoms with Crippen LogP contribution in [0.2, 0.25) is 0 Å². The molecule has 4 fully saturated rings. The lowest BCUT2D eigenvalue weighted by Crippen LogP contribution is -2.45. The van der Waals surface area contributed by atoms with E-state index in [4.69, 9.17) is 15.8 Å². The predicted molar refractivity (Wildman–Crippen MR) is 171 cm³/mol. The van der Waals surface area contributed by atoms with Crippen LogP contribution >= 0.6 is 0 Å². The van der Waals surface area contributed by atoms with E-state index >= 15 is 4.39 Å². The van der Waals surface area contributed by atoms with Crippen molar-refractivity contribution in [1.82, 2.24) is 29.0 Å². The van der Waals surface area contributed by atoms with E-state index in [1.165, 1.54) is 23.4 Å². The Kier molecular flexibility index (Phi) is 7.04. The lowest BCUT2D eigenvalue weighted by Gasteiger charge is -2.37. The second-order valence-electron chi connectivity index (χ2n) is 13.6. The number of pyridine rings is 2. The van der Waals surface area contributed by atoms with Crippen LogP contribution in [-0.2, 0) is 11.3 Å². The molecule has 3 saturated heterocycles. The third kappa shape index (κ3) is 5.14. The minimum atomic E-state index is -0.456. The largest absolute Gasteiger partial charge is 0.356 e. The van der Waals surface area contributed by atoms with Gasteiger partial charge in [0.25, 0.3) is 5.91 Å². The maximum atomic E-state index is 15.7. The summed E-state index contributed by atoms with van der Waals surface area (Å²) in [6.45, 7) is 6.48. The minimum Gasteiger partial charge on any atom is -0.356 e. The van der Waals surface area contributed by atoms with Crippen molar-refractivity contribution in [3.63, 3.8) is 0 Å². The summed E-state index contributed by atoms with van der Waals surface area (Å²) in [4.78, 5) is 36.9. The van der Waals surface area contributed by atoms with Crippen LogP contribution in [0, 0.1) is 18.7 Å². The van der Waals surface area contributed by atoms with Gasteiger partial charge in [0.15, 0.2) is 0 Å². The van der Waals surface area contributed by atoms with Gasteiger partial charge in [0.05, 0.1) is 11.3 Å². The minimum absolute atomic E-state index is 0.0511. The molecule has 236 valence electrons. The van der Waals surface area contributed by atoms with Gasteiger partial charge in [-0.05, 0) is 82.1 Å². The normalized spacial score (nSPS) is 21.5. The van der Waals surface area contributed by atoms with Gasteiger partial charge >= 0.3 is 0 Å². The number of fused-ring (bicyclic) bond motifs is 2. The van der Waals surface area contributed by atoms with Crippen LogP contribution in [0.5, 0.6) is 0 Å². The third-order valence-electron chi connectivity index (χ3n) is 10.4. The SMILES string of the molecule is Cc1c(-c2cc3ccc(N4CCC(N5CCCC5=O)CC4)nc3n2CC2CC2)nn2cc(C(=O)N3CCC[C@@H](N)C3)cc(F)c12. The fraction of sp³-hybridized carbons (Fsp3) is 0.529. The number of aromatic nitrogens is 4. The molecule has 1 atom stereocenters. The molecule has 0 bridgehead atoms. The van der Waals surface area contributed by atoms with Crippen LogP contribution in [0.1, 0.15) is 67.3 Å². The van der Waals surface area contributed by atoms with Gasteiger partial charge < -0.3 is 25.0 Å². The van der Waals surface area contributed by atoms with Crippen LogP contribution in [0.25, 0.3) is 27.9 Å². The van der Waals surface area contributed by atoms with Gasteiger partial charge in [0.1, 0.15) is 28.5 Å². The molecule has 4 aromatic rings. The Morgan fingerprint density at radius 3 is 2.60 bits per heavy atom. The molecule has 4 aromatic heterocycles. The highest BCUT2D eigenvalue weighted by atomic mass is 19.1. The van der Waals surface area contributed by atoms with Crippen LogP contribution in [-0.4, -0.2) is 85.6 Å². The molecule has 8 rings (SSSR count). The topological polar surface area (TPSA) is 105 Å². The summed E-state index contributed by atoms with van der Waals surface area (Å²) < 4.78 is 19.5. The Morgan fingerprint density at radius 2 is 1.87 bits per heavy atom. The zero-order valence-electron chi connectivity index (χ0n) is 25.9. The Hall–Kier alpha value is -3.99. The molecule has 45 heavy (non-hydrogen) atoms. The fourth-order valence-electron chi connectivity index (χ4n) is 7.70. The number of anilines is 1. The molecule has 7 heterocycles. The maximum Gasteiger partial charge on any atom is 0.255 e. The quantitative estimate of drug-likeness (QED) is 0.347. The molecule has 1 aliphatic carbocycles. The molecular formula is C34H41FN8O2. The van der Waals surface area contributed by atoms with Crippen molar-refractivity contribution in [3.8, 4) is 11.4 Å². The summed E-state index contributed by atoms with van der Waals surface area (Å²) >= 11 is 0. The average molecular weight is 613 g/mol. The number of aryl methyl sites for hydroxylation is 1. The van der Waals surface area contributed by atoms with Crippen LogP contribution in [0.15, 0.2) is 30.5 Å². The Morgan fingerprint density at radius 1 is 1.04 bits per heavy atom. The third-order valence-corrected chi connectivity index (χ3v) is 10.4. The number of carbonyl (C=O) groups is 2. The van der Waals surface area contributed by atoms with Crippen molar-refractivity contribution in [3.05, 3.63) is 47.4 Å². The average Bonchev–Trinajstić information content (AvgIpc) is 3.51. The summed E-state index contributed by atoms with van der Waals surface area (Å²) in [6.07, 6.45) is 9.35. The molecule has 11 heteroatoms. The van der Waals surface area contributed by atoms with Crippen molar-refractivity contribution in [2.24, 2.45) is 11.7 Å². The lowest BCUT2D eigenvalue weighted by atomic mass is 10.0. The molecule has 1 saturated carbocycles. The number of piperidine rings is 2. The van der Waals surface area contributed by atoms with Gasteiger partial charge in [0.2, 0.25) is 5.91 Å². The van der Waals surface area contributed by atoms with Crippen LogP contribution in [0.4, 0.5) is 10.2 Å². The van der Waals surface area contributed by atoms with E-state index in [0.717, 1.165) is 86.4 Å². The molecule has 2 N–H and O–H groups in total. The number of halogens is 1. The number of nitrogens with zero attached hydrogens (tertiary/aromatic N) is 7. The van der Waals surface area contributed by atoms with Gasteiger partial charge in [-0.15, -0.1) is 0 Å². The first-order chi connectivity index (χ1) is 21.8. The van der Waals surface area contributed by atoms with Gasteiger partial charge in [-0.2, -0.15) is 5.10 Å². The van der Waals surface area contributed by atoms with E-state index in [2.05, 4.69) is 32.6 Å². The molecule has 3 aliphatic heterocycles. The zero-order chi connectivity index (χ0) is 30.8. The van der Waals surface area contributed by atoms with Gasteiger partial charge in [-0.1, -0.05) is 0 Å². The van der Waals surface area contributed by atoms with E-state index in [1.807, 2.05) is 6.92 Å². The number of nitrogens with two attached hydrogens (primary N) is 1. The summed E-state index contributed by atoms with van der Waals surface area (Å²) in [5.74, 6) is 1.18. The van der Waals surface area contributed by atoms with Crippen molar-refractivity contribution in [1.29, 1.82) is 0 Å². The molecule has 4 aliphatic rings. The van der Waals surface area contributed by atoms with Crippen molar-refractivity contribution >= 4 is 34.2 Å².